The molecule has 1 heterocycles. The van der Waals surface area contributed by atoms with Gasteiger partial charge < -0.3 is 0 Å². The highest BCUT2D eigenvalue weighted by molar-refractivity contribution is 5.80. The molecule has 0 N–H and O–H groups in total. The van der Waals surface area contributed by atoms with Gasteiger partial charge in [-0.1, -0.05) is 56.3 Å². The number of hydrogen-bond donors (Lipinski definition) is 0. The summed E-state index contributed by atoms with van der Waals surface area (Å²) < 4.78 is 0. The second-order valence-electron chi connectivity index (χ2n) is 7.07. The third-order valence-electron chi connectivity index (χ3n) is 4.92. The molecule has 0 radical (unpaired) electrons. The molecule has 24 heavy (non-hydrogen) atoms. The van der Waals surface area contributed by atoms with E-state index in [1.807, 2.05) is 13.8 Å². The molecule has 0 saturated heterocycles. The largest absolute Gasteiger partial charge is 0.219 e. The summed E-state index contributed by atoms with van der Waals surface area (Å²) in [5.74, 6) is 2.41. The van der Waals surface area contributed by atoms with Crippen LogP contribution in [0.3, 0.4) is 0 Å². The molecular formula is C21H21N3. The van der Waals surface area contributed by atoms with Gasteiger partial charge in [0.2, 0.25) is 0 Å². The second kappa shape index (κ2) is 5.23. The Labute approximate surface area is 142 Å². The normalized spacial score (nSPS) is 14.3. The average molecular weight is 315 g/mol. The summed E-state index contributed by atoms with van der Waals surface area (Å²) in [6.45, 7) is 8.44. The lowest BCUT2D eigenvalue weighted by atomic mass is 9.82. The lowest BCUT2D eigenvalue weighted by molar-refractivity contribution is 0.659. The Hall–Kier alpha value is -2.55. The predicted octanol–water partition coefficient (Wildman–Crippen LogP) is 4.39. The zero-order valence-corrected chi connectivity index (χ0v) is 14.6. The first-order chi connectivity index (χ1) is 11.4. The third kappa shape index (κ3) is 2.32. The van der Waals surface area contributed by atoms with Crippen LogP contribution in [-0.2, 0) is 11.8 Å². The van der Waals surface area contributed by atoms with Crippen LogP contribution in [0.5, 0.6) is 0 Å². The first kappa shape index (κ1) is 15.0. The standard InChI is InChI=1S/C21H21N3/c1-13-22-14(2)24-20(23-13)12-15-9-10-17-16-7-5-6-8-18(16)21(3,4)19(17)11-15/h5-11H,12H2,1-4H3. The number of fused-ring (bicyclic) bond motifs is 3. The SMILES string of the molecule is Cc1nc(C)nc(Cc2ccc3c(c2)C(C)(C)c2ccccc2-3)n1. The van der Waals surface area contributed by atoms with Crippen molar-refractivity contribution < 1.29 is 0 Å². The van der Waals surface area contributed by atoms with Crippen LogP contribution in [0.25, 0.3) is 11.1 Å². The molecule has 1 aliphatic rings. The Morgan fingerprint density at radius 3 is 2.21 bits per heavy atom. The van der Waals surface area contributed by atoms with Crippen LogP contribution < -0.4 is 0 Å². The Bertz CT molecular complexity index is 921. The maximum absolute atomic E-state index is 4.48. The van der Waals surface area contributed by atoms with Crippen molar-refractivity contribution in [1.29, 1.82) is 0 Å². The summed E-state index contributed by atoms with van der Waals surface area (Å²) in [6.07, 6.45) is 0.740. The molecule has 0 amide bonds. The molecule has 1 aliphatic carbocycles. The molecule has 120 valence electrons. The van der Waals surface area contributed by atoms with Gasteiger partial charge >= 0.3 is 0 Å². The van der Waals surface area contributed by atoms with Crippen molar-refractivity contribution in [3.05, 3.63) is 76.6 Å². The zero-order chi connectivity index (χ0) is 16.9. The van der Waals surface area contributed by atoms with Gasteiger partial charge in [-0.2, -0.15) is 0 Å². The molecule has 3 heteroatoms. The summed E-state index contributed by atoms with van der Waals surface area (Å²) >= 11 is 0. The molecule has 3 nitrogen and oxygen atoms in total. The fraction of sp³-hybridized carbons (Fsp3) is 0.286. The summed E-state index contributed by atoms with van der Waals surface area (Å²) in [7, 11) is 0. The highest BCUT2D eigenvalue weighted by Crippen LogP contribution is 2.48. The zero-order valence-electron chi connectivity index (χ0n) is 14.6. The van der Waals surface area contributed by atoms with Gasteiger partial charge in [0.1, 0.15) is 17.5 Å². The number of aromatic nitrogens is 3. The van der Waals surface area contributed by atoms with Crippen molar-refractivity contribution in [1.82, 2.24) is 15.0 Å². The van der Waals surface area contributed by atoms with Gasteiger partial charge in [-0.3, -0.25) is 0 Å². The molecule has 0 spiro atoms. The molecule has 0 bridgehead atoms. The van der Waals surface area contributed by atoms with Crippen molar-refractivity contribution in [3.8, 4) is 11.1 Å². The number of hydrogen-bond acceptors (Lipinski definition) is 3. The second-order valence-corrected chi connectivity index (χ2v) is 7.07. The van der Waals surface area contributed by atoms with Crippen molar-refractivity contribution >= 4 is 0 Å². The molecule has 0 aliphatic heterocycles. The average Bonchev–Trinajstić information content (AvgIpc) is 2.75. The summed E-state index contributed by atoms with van der Waals surface area (Å²) in [5, 5.41) is 0. The third-order valence-corrected chi connectivity index (χ3v) is 4.92. The molecule has 1 aromatic heterocycles. The molecule has 2 aromatic carbocycles. The predicted molar refractivity (Wildman–Crippen MR) is 96.1 cm³/mol. The van der Waals surface area contributed by atoms with Crippen LogP contribution in [0.1, 0.15) is 48.0 Å². The van der Waals surface area contributed by atoms with Crippen LogP contribution in [-0.4, -0.2) is 15.0 Å². The molecule has 4 rings (SSSR count). The molecule has 0 fully saturated rings. The van der Waals surface area contributed by atoms with Crippen LogP contribution >= 0.6 is 0 Å². The van der Waals surface area contributed by atoms with Gasteiger partial charge in [0, 0.05) is 11.8 Å². The number of aryl methyl sites for hydroxylation is 2. The van der Waals surface area contributed by atoms with E-state index < -0.39 is 0 Å². The molecular weight excluding hydrogens is 294 g/mol. The van der Waals surface area contributed by atoms with Gasteiger partial charge in [-0.25, -0.2) is 15.0 Å². The van der Waals surface area contributed by atoms with E-state index in [1.54, 1.807) is 0 Å². The fourth-order valence-corrected chi connectivity index (χ4v) is 3.81. The minimum atomic E-state index is 0.0346. The van der Waals surface area contributed by atoms with Crippen LogP contribution in [0.4, 0.5) is 0 Å². The van der Waals surface area contributed by atoms with Crippen LogP contribution in [0, 0.1) is 13.8 Å². The Balaban J connectivity index is 1.76. The van der Waals surface area contributed by atoms with Gasteiger partial charge in [0.15, 0.2) is 0 Å². The summed E-state index contributed by atoms with van der Waals surface area (Å²) in [5.41, 5.74) is 6.79. The topological polar surface area (TPSA) is 38.7 Å². The Morgan fingerprint density at radius 1 is 0.792 bits per heavy atom. The van der Waals surface area contributed by atoms with Crippen molar-refractivity contribution in [2.45, 2.75) is 39.5 Å². The van der Waals surface area contributed by atoms with Crippen molar-refractivity contribution in [3.63, 3.8) is 0 Å². The number of nitrogens with zero attached hydrogens (tertiary/aromatic N) is 3. The fourth-order valence-electron chi connectivity index (χ4n) is 3.81. The molecule has 0 saturated carbocycles. The van der Waals surface area contributed by atoms with E-state index in [1.165, 1.54) is 27.8 Å². The molecule has 0 atom stereocenters. The monoisotopic (exact) mass is 315 g/mol. The van der Waals surface area contributed by atoms with Gasteiger partial charge in [-0.15, -0.1) is 0 Å². The number of benzene rings is 2. The maximum atomic E-state index is 4.48. The minimum Gasteiger partial charge on any atom is -0.219 e. The Morgan fingerprint density at radius 2 is 1.46 bits per heavy atom. The molecule has 3 aromatic rings. The molecule has 0 unspecified atom stereocenters. The number of rotatable bonds is 2. The van der Waals surface area contributed by atoms with E-state index in [2.05, 4.69) is 71.3 Å². The van der Waals surface area contributed by atoms with E-state index in [0.29, 0.717) is 0 Å². The maximum Gasteiger partial charge on any atom is 0.136 e. The highest BCUT2D eigenvalue weighted by Gasteiger charge is 2.35. The lowest BCUT2D eigenvalue weighted by Gasteiger charge is -2.21. The van der Waals surface area contributed by atoms with Crippen LogP contribution in [0.2, 0.25) is 0 Å². The van der Waals surface area contributed by atoms with Gasteiger partial charge in [-0.05, 0) is 41.7 Å². The summed E-state index contributed by atoms with van der Waals surface area (Å²) in [4.78, 5) is 13.2. The highest BCUT2D eigenvalue weighted by atomic mass is 15.0. The van der Waals surface area contributed by atoms with Gasteiger partial charge in [0.25, 0.3) is 0 Å². The smallest absolute Gasteiger partial charge is 0.136 e. The van der Waals surface area contributed by atoms with E-state index in [0.717, 1.165) is 23.9 Å². The van der Waals surface area contributed by atoms with E-state index in [9.17, 15) is 0 Å². The van der Waals surface area contributed by atoms with Crippen molar-refractivity contribution in [2.24, 2.45) is 0 Å². The minimum absolute atomic E-state index is 0.0346. The van der Waals surface area contributed by atoms with E-state index in [-0.39, 0.29) is 5.41 Å². The van der Waals surface area contributed by atoms with Crippen LogP contribution in [0.15, 0.2) is 42.5 Å². The lowest BCUT2D eigenvalue weighted by Crippen LogP contribution is -2.15. The Kier molecular flexibility index (Phi) is 3.27. The summed E-state index contributed by atoms with van der Waals surface area (Å²) in [6, 6.07) is 15.5. The first-order valence-corrected chi connectivity index (χ1v) is 8.36. The van der Waals surface area contributed by atoms with Crippen molar-refractivity contribution in [2.75, 3.05) is 0 Å². The van der Waals surface area contributed by atoms with Gasteiger partial charge in [0.05, 0.1) is 0 Å². The van der Waals surface area contributed by atoms with E-state index >= 15 is 0 Å². The quantitative estimate of drug-likeness (QED) is 0.704. The van der Waals surface area contributed by atoms with E-state index in [4.69, 9.17) is 0 Å². The first-order valence-electron chi connectivity index (χ1n) is 8.36.